The van der Waals surface area contributed by atoms with Gasteiger partial charge < -0.3 is 4.79 Å². The molecule has 0 aliphatic heterocycles. The maximum atomic E-state index is 11.2. The fourth-order valence-electron chi connectivity index (χ4n) is 5.85. The summed E-state index contributed by atoms with van der Waals surface area (Å²) in [5.41, 5.74) is 7.96. The zero-order valence-electron chi connectivity index (χ0n) is 14.7. The van der Waals surface area contributed by atoms with Crippen LogP contribution in [-0.4, -0.2) is 6.29 Å². The SMILES string of the molecule is Cc1c([C@H](C)C=O)ccc2c1CC1C2CCC2=CCCC[C@@]21C. The standard InChI is InChI=1S/C22H28O/c1-14(13-23)17-9-10-18-19-8-7-16-6-4-5-11-22(16,3)21(19)12-20(18)15(17)2/h6,9-10,13-14,19,21H,4-5,7-8,11-12H2,1-3H3/t14-,19?,21?,22+/m1/s1. The highest BCUT2D eigenvalue weighted by molar-refractivity contribution is 5.64. The van der Waals surface area contributed by atoms with Crippen LogP contribution in [0, 0.1) is 18.3 Å². The van der Waals surface area contributed by atoms with Gasteiger partial charge in [0.25, 0.3) is 0 Å². The summed E-state index contributed by atoms with van der Waals surface area (Å²) in [5, 5.41) is 0. The van der Waals surface area contributed by atoms with E-state index < -0.39 is 0 Å². The van der Waals surface area contributed by atoms with Gasteiger partial charge in [0.1, 0.15) is 6.29 Å². The summed E-state index contributed by atoms with van der Waals surface area (Å²) in [7, 11) is 0. The minimum absolute atomic E-state index is 0.0173. The van der Waals surface area contributed by atoms with E-state index >= 15 is 0 Å². The lowest BCUT2D eigenvalue weighted by atomic mass is 9.57. The van der Waals surface area contributed by atoms with Gasteiger partial charge in [-0.15, -0.1) is 0 Å². The smallest absolute Gasteiger partial charge is 0.127 e. The van der Waals surface area contributed by atoms with Gasteiger partial charge in [0.15, 0.2) is 0 Å². The summed E-state index contributed by atoms with van der Waals surface area (Å²) in [6.07, 6.45) is 11.5. The van der Waals surface area contributed by atoms with E-state index in [1.54, 1.807) is 16.7 Å². The molecule has 0 spiro atoms. The van der Waals surface area contributed by atoms with E-state index in [2.05, 4.69) is 32.1 Å². The van der Waals surface area contributed by atoms with Crippen LogP contribution < -0.4 is 0 Å². The Kier molecular flexibility index (Phi) is 3.51. The fourth-order valence-corrected chi connectivity index (χ4v) is 5.85. The third kappa shape index (κ3) is 2.08. The number of hydrogen-bond donors (Lipinski definition) is 0. The zero-order valence-corrected chi connectivity index (χ0v) is 14.7. The normalized spacial score (nSPS) is 33.3. The van der Waals surface area contributed by atoms with Crippen LogP contribution >= 0.6 is 0 Å². The summed E-state index contributed by atoms with van der Waals surface area (Å²) in [5.74, 6) is 1.53. The first-order chi connectivity index (χ1) is 11.1. The molecule has 1 aromatic carbocycles. The van der Waals surface area contributed by atoms with Crippen LogP contribution in [0.5, 0.6) is 0 Å². The second kappa shape index (κ2) is 5.33. The molecule has 0 saturated heterocycles. The predicted molar refractivity (Wildman–Crippen MR) is 94.9 cm³/mol. The maximum Gasteiger partial charge on any atom is 0.127 e. The minimum atomic E-state index is 0.0173. The summed E-state index contributed by atoms with van der Waals surface area (Å²) in [6.45, 7) is 6.80. The Labute approximate surface area is 140 Å². The molecule has 1 fully saturated rings. The largest absolute Gasteiger partial charge is 0.303 e. The molecule has 0 bridgehead atoms. The first-order valence-corrected chi connectivity index (χ1v) is 9.33. The zero-order chi connectivity index (χ0) is 16.2. The van der Waals surface area contributed by atoms with Crippen molar-refractivity contribution in [2.45, 2.75) is 71.1 Å². The molecule has 0 N–H and O–H groups in total. The van der Waals surface area contributed by atoms with E-state index in [-0.39, 0.29) is 5.92 Å². The molecule has 1 heteroatoms. The van der Waals surface area contributed by atoms with E-state index in [0.29, 0.717) is 5.41 Å². The van der Waals surface area contributed by atoms with Crippen molar-refractivity contribution < 1.29 is 4.79 Å². The second-order valence-corrected chi connectivity index (χ2v) is 8.27. The predicted octanol–water partition coefficient (Wildman–Crippen LogP) is 5.46. The van der Waals surface area contributed by atoms with Crippen molar-refractivity contribution in [1.29, 1.82) is 0 Å². The number of allylic oxidation sites excluding steroid dienone is 2. The molecule has 0 aromatic heterocycles. The van der Waals surface area contributed by atoms with Crippen molar-refractivity contribution in [3.8, 4) is 0 Å². The molecular weight excluding hydrogens is 280 g/mol. The highest BCUT2D eigenvalue weighted by Crippen LogP contribution is 2.60. The van der Waals surface area contributed by atoms with Gasteiger partial charge in [-0.3, -0.25) is 0 Å². The Balaban J connectivity index is 1.77. The highest BCUT2D eigenvalue weighted by Gasteiger charge is 2.49. The molecule has 2 unspecified atom stereocenters. The molecule has 3 aliphatic carbocycles. The van der Waals surface area contributed by atoms with Gasteiger partial charge >= 0.3 is 0 Å². The van der Waals surface area contributed by atoms with Crippen molar-refractivity contribution in [3.63, 3.8) is 0 Å². The molecule has 1 aromatic rings. The Morgan fingerprint density at radius 1 is 1.35 bits per heavy atom. The highest BCUT2D eigenvalue weighted by atomic mass is 16.1. The average Bonchev–Trinajstić information content (AvgIpc) is 2.95. The molecule has 1 saturated carbocycles. The molecule has 4 atom stereocenters. The van der Waals surface area contributed by atoms with Crippen LogP contribution in [0.15, 0.2) is 23.8 Å². The van der Waals surface area contributed by atoms with Crippen LogP contribution in [0.1, 0.15) is 80.0 Å². The number of rotatable bonds is 2. The lowest BCUT2D eigenvalue weighted by molar-refractivity contribution is -0.108. The Morgan fingerprint density at radius 3 is 2.96 bits per heavy atom. The quantitative estimate of drug-likeness (QED) is 0.523. The summed E-state index contributed by atoms with van der Waals surface area (Å²) < 4.78 is 0. The number of carbonyl (C=O) groups excluding carboxylic acids is 1. The molecule has 3 aliphatic rings. The molecular formula is C22H28O. The summed E-state index contributed by atoms with van der Waals surface area (Å²) in [4.78, 5) is 11.2. The minimum Gasteiger partial charge on any atom is -0.303 e. The Bertz CT molecular complexity index is 683. The van der Waals surface area contributed by atoms with Gasteiger partial charge in [-0.05, 0) is 85.0 Å². The molecule has 0 radical (unpaired) electrons. The summed E-state index contributed by atoms with van der Waals surface area (Å²) >= 11 is 0. The van der Waals surface area contributed by atoms with Crippen LogP contribution in [0.2, 0.25) is 0 Å². The molecule has 0 heterocycles. The Morgan fingerprint density at radius 2 is 2.17 bits per heavy atom. The van der Waals surface area contributed by atoms with E-state index in [0.717, 1.165) is 18.1 Å². The van der Waals surface area contributed by atoms with Crippen LogP contribution in [0.4, 0.5) is 0 Å². The number of carbonyl (C=O) groups is 1. The topological polar surface area (TPSA) is 17.1 Å². The maximum absolute atomic E-state index is 11.2. The monoisotopic (exact) mass is 308 g/mol. The number of hydrogen-bond acceptors (Lipinski definition) is 1. The lowest BCUT2D eigenvalue weighted by Crippen LogP contribution is -2.37. The molecule has 4 rings (SSSR count). The van der Waals surface area contributed by atoms with Crippen molar-refractivity contribution in [3.05, 3.63) is 46.0 Å². The van der Waals surface area contributed by atoms with Gasteiger partial charge in [0.2, 0.25) is 0 Å². The van der Waals surface area contributed by atoms with E-state index in [1.807, 2.05) is 6.92 Å². The van der Waals surface area contributed by atoms with Crippen LogP contribution in [0.25, 0.3) is 0 Å². The molecule has 1 nitrogen and oxygen atoms in total. The number of aldehydes is 1. The van der Waals surface area contributed by atoms with Crippen molar-refractivity contribution in [2.24, 2.45) is 11.3 Å². The van der Waals surface area contributed by atoms with Crippen LogP contribution in [-0.2, 0) is 11.2 Å². The lowest BCUT2D eigenvalue weighted by Gasteiger charge is -2.47. The molecule has 0 amide bonds. The molecule has 122 valence electrons. The summed E-state index contributed by atoms with van der Waals surface area (Å²) in [6, 6.07) is 4.58. The van der Waals surface area contributed by atoms with Gasteiger partial charge in [0, 0.05) is 5.92 Å². The second-order valence-electron chi connectivity index (χ2n) is 8.27. The number of benzene rings is 1. The first-order valence-electron chi connectivity index (χ1n) is 9.33. The van der Waals surface area contributed by atoms with Gasteiger partial charge in [-0.2, -0.15) is 0 Å². The van der Waals surface area contributed by atoms with Crippen molar-refractivity contribution >= 4 is 6.29 Å². The fraction of sp³-hybridized carbons (Fsp3) is 0.591. The van der Waals surface area contributed by atoms with Crippen molar-refractivity contribution in [2.75, 3.05) is 0 Å². The number of fused-ring (bicyclic) bond motifs is 5. The van der Waals surface area contributed by atoms with Crippen LogP contribution in [0.3, 0.4) is 0 Å². The van der Waals surface area contributed by atoms with E-state index in [1.165, 1.54) is 49.7 Å². The third-order valence-electron chi connectivity index (χ3n) is 7.25. The van der Waals surface area contributed by atoms with Gasteiger partial charge in [-0.1, -0.05) is 37.6 Å². The van der Waals surface area contributed by atoms with Gasteiger partial charge in [-0.25, -0.2) is 0 Å². The third-order valence-corrected chi connectivity index (χ3v) is 7.25. The van der Waals surface area contributed by atoms with Gasteiger partial charge in [0.05, 0.1) is 0 Å². The van der Waals surface area contributed by atoms with Crippen molar-refractivity contribution in [1.82, 2.24) is 0 Å². The van der Waals surface area contributed by atoms with E-state index in [9.17, 15) is 4.79 Å². The Hall–Kier alpha value is -1.37. The average molecular weight is 308 g/mol. The molecule has 23 heavy (non-hydrogen) atoms. The first kappa shape index (κ1) is 15.2. The van der Waals surface area contributed by atoms with E-state index in [4.69, 9.17) is 0 Å².